The first kappa shape index (κ1) is 28.1. The minimum atomic E-state index is -0.828. The number of carbonyl (C=O) groups excluding carboxylic acids is 2. The molecular weight excluding hydrogens is 530 g/mol. The first-order valence-corrected chi connectivity index (χ1v) is 14.1. The van der Waals surface area contributed by atoms with Crippen LogP contribution in [0.3, 0.4) is 0 Å². The second kappa shape index (κ2) is 12.0. The Kier molecular flexibility index (Phi) is 8.40. The van der Waals surface area contributed by atoms with E-state index in [1.165, 1.54) is 4.57 Å². The zero-order chi connectivity index (χ0) is 28.4. The summed E-state index contributed by atoms with van der Waals surface area (Å²) in [6.07, 6.45) is 5.08. The minimum absolute atomic E-state index is 0.0541. The summed E-state index contributed by atoms with van der Waals surface area (Å²) in [6.45, 7) is 4.61. The van der Waals surface area contributed by atoms with Crippen LogP contribution in [0.1, 0.15) is 73.2 Å². The molecule has 3 heterocycles. The monoisotopic (exact) mass is 563 g/mol. The van der Waals surface area contributed by atoms with E-state index in [0.717, 1.165) is 41.5 Å². The molecule has 40 heavy (non-hydrogen) atoms. The van der Waals surface area contributed by atoms with Crippen LogP contribution in [0.5, 0.6) is 0 Å². The second-order valence-electron chi connectivity index (χ2n) is 10.7. The SMILES string of the molecule is CC1Cc2ccc(Cl)cc2-c2cc(=O)n(C(CC3CCCCO3)C(=O)Nc3ccc(C(N)=O)cc3)cc2C(C)O1. The Hall–Kier alpha value is -3.46. The number of ether oxygens (including phenoxy) is 2. The molecule has 1 aromatic heterocycles. The zero-order valence-corrected chi connectivity index (χ0v) is 23.4. The number of carbonyl (C=O) groups is 2. The fourth-order valence-electron chi connectivity index (χ4n) is 5.65. The lowest BCUT2D eigenvalue weighted by molar-refractivity contribution is -0.121. The third kappa shape index (κ3) is 6.14. The van der Waals surface area contributed by atoms with Crippen LogP contribution in [-0.4, -0.2) is 35.2 Å². The number of nitrogens with one attached hydrogen (secondary N) is 1. The fraction of sp³-hybridized carbons (Fsp3) is 0.387. The van der Waals surface area contributed by atoms with Gasteiger partial charge in [-0.2, -0.15) is 0 Å². The summed E-state index contributed by atoms with van der Waals surface area (Å²) in [4.78, 5) is 38.9. The van der Waals surface area contributed by atoms with E-state index in [4.69, 9.17) is 26.8 Å². The first-order valence-electron chi connectivity index (χ1n) is 13.7. The molecule has 2 amide bonds. The van der Waals surface area contributed by atoms with Gasteiger partial charge in [0.2, 0.25) is 11.8 Å². The number of nitrogens with two attached hydrogens (primary N) is 1. The van der Waals surface area contributed by atoms with E-state index in [2.05, 4.69) is 5.32 Å². The van der Waals surface area contributed by atoms with Crippen LogP contribution in [0, 0.1) is 0 Å². The zero-order valence-electron chi connectivity index (χ0n) is 22.7. The molecule has 3 aromatic rings. The molecule has 3 N–H and O–H groups in total. The number of hydrogen-bond acceptors (Lipinski definition) is 5. The summed E-state index contributed by atoms with van der Waals surface area (Å²) < 4.78 is 13.8. The summed E-state index contributed by atoms with van der Waals surface area (Å²) in [5.74, 6) is -0.898. The average molecular weight is 564 g/mol. The fourth-order valence-corrected chi connectivity index (χ4v) is 5.83. The van der Waals surface area contributed by atoms with Crippen molar-refractivity contribution in [1.82, 2.24) is 4.57 Å². The average Bonchev–Trinajstić information content (AvgIpc) is 2.93. The largest absolute Gasteiger partial charge is 0.378 e. The molecule has 0 spiro atoms. The van der Waals surface area contributed by atoms with Gasteiger partial charge >= 0.3 is 0 Å². The molecule has 210 valence electrons. The summed E-state index contributed by atoms with van der Waals surface area (Å²) in [7, 11) is 0. The van der Waals surface area contributed by atoms with Crippen LogP contribution in [-0.2, 0) is 20.7 Å². The molecule has 0 saturated carbocycles. The minimum Gasteiger partial charge on any atom is -0.378 e. The predicted molar refractivity (Wildman–Crippen MR) is 155 cm³/mol. The van der Waals surface area contributed by atoms with Gasteiger partial charge in [-0.1, -0.05) is 17.7 Å². The molecule has 1 fully saturated rings. The van der Waals surface area contributed by atoms with E-state index in [1.807, 2.05) is 32.0 Å². The van der Waals surface area contributed by atoms with E-state index < -0.39 is 11.9 Å². The number of halogens is 1. The molecule has 2 aromatic carbocycles. The van der Waals surface area contributed by atoms with Crippen molar-refractivity contribution in [2.45, 2.75) is 70.3 Å². The number of primary amides is 1. The van der Waals surface area contributed by atoms with Crippen molar-refractivity contribution in [3.05, 3.63) is 86.8 Å². The maximum Gasteiger partial charge on any atom is 0.251 e. The molecule has 1 saturated heterocycles. The van der Waals surface area contributed by atoms with Gasteiger partial charge in [-0.05, 0) is 92.6 Å². The van der Waals surface area contributed by atoms with E-state index >= 15 is 0 Å². The number of benzene rings is 2. The van der Waals surface area contributed by atoms with Gasteiger partial charge in [-0.3, -0.25) is 14.4 Å². The van der Waals surface area contributed by atoms with Crippen LogP contribution < -0.4 is 16.6 Å². The summed E-state index contributed by atoms with van der Waals surface area (Å²) in [5, 5.41) is 3.50. The Bertz CT molecular complexity index is 1460. The second-order valence-corrected chi connectivity index (χ2v) is 11.1. The third-order valence-corrected chi connectivity index (χ3v) is 7.93. The maximum atomic E-state index is 13.8. The lowest BCUT2D eigenvalue weighted by atomic mass is 9.90. The quantitative estimate of drug-likeness (QED) is 0.415. The van der Waals surface area contributed by atoms with Gasteiger partial charge in [0.05, 0.1) is 18.3 Å². The maximum absolute atomic E-state index is 13.8. The van der Waals surface area contributed by atoms with Gasteiger partial charge in [-0.15, -0.1) is 0 Å². The molecular formula is C31H34ClN3O5. The lowest BCUT2D eigenvalue weighted by Crippen LogP contribution is -2.37. The summed E-state index contributed by atoms with van der Waals surface area (Å²) in [6, 6.07) is 12.8. The van der Waals surface area contributed by atoms with Crippen LogP contribution in [0.25, 0.3) is 11.1 Å². The topological polar surface area (TPSA) is 113 Å². The highest BCUT2D eigenvalue weighted by molar-refractivity contribution is 6.30. The van der Waals surface area contributed by atoms with Crippen molar-refractivity contribution >= 4 is 29.1 Å². The molecule has 2 aliphatic heterocycles. The molecule has 0 radical (unpaired) electrons. The van der Waals surface area contributed by atoms with Gasteiger partial charge in [0.15, 0.2) is 0 Å². The number of pyridine rings is 1. The van der Waals surface area contributed by atoms with Gasteiger partial charge < -0.3 is 25.1 Å². The van der Waals surface area contributed by atoms with Gasteiger partial charge in [0.25, 0.3) is 5.56 Å². The van der Waals surface area contributed by atoms with E-state index in [0.29, 0.717) is 35.7 Å². The molecule has 0 bridgehead atoms. The van der Waals surface area contributed by atoms with Crippen molar-refractivity contribution in [3.8, 4) is 11.1 Å². The molecule has 9 heteroatoms. The summed E-state index contributed by atoms with van der Waals surface area (Å²) >= 11 is 6.38. The van der Waals surface area contributed by atoms with Crippen molar-refractivity contribution in [2.24, 2.45) is 5.73 Å². The third-order valence-electron chi connectivity index (χ3n) is 7.69. The van der Waals surface area contributed by atoms with Gasteiger partial charge in [0.1, 0.15) is 6.04 Å². The van der Waals surface area contributed by atoms with Crippen molar-refractivity contribution in [2.75, 3.05) is 11.9 Å². The number of fused-ring (bicyclic) bond motifs is 3. The van der Waals surface area contributed by atoms with Crippen molar-refractivity contribution in [1.29, 1.82) is 0 Å². The normalized spacial score (nSPS) is 21.3. The molecule has 5 rings (SSSR count). The molecule has 4 unspecified atom stereocenters. The van der Waals surface area contributed by atoms with Crippen molar-refractivity contribution < 1.29 is 19.1 Å². The van der Waals surface area contributed by atoms with E-state index in [9.17, 15) is 14.4 Å². The van der Waals surface area contributed by atoms with Gasteiger partial charge in [-0.25, -0.2) is 0 Å². The standard InChI is InChI=1S/C31H34ClN3O5/c1-18-13-21-6-9-22(32)14-25(21)26-16-29(36)35(17-27(26)19(2)40-18)28(15-24-5-3-4-12-39-24)31(38)34-23-10-7-20(8-11-23)30(33)37/h6-11,14,16-19,24,28H,3-5,12-13,15H2,1-2H3,(H2,33,37)(H,34,38). The molecule has 0 aliphatic carbocycles. The van der Waals surface area contributed by atoms with E-state index in [1.54, 1.807) is 36.5 Å². The Morgan fingerprint density at radius 1 is 1.10 bits per heavy atom. The number of rotatable bonds is 6. The van der Waals surface area contributed by atoms with E-state index in [-0.39, 0.29) is 29.8 Å². The van der Waals surface area contributed by atoms with Gasteiger partial charge in [0, 0.05) is 47.1 Å². The lowest BCUT2D eigenvalue weighted by Gasteiger charge is -2.30. The molecule has 4 atom stereocenters. The number of nitrogens with zero attached hydrogens (tertiary/aromatic N) is 1. The Balaban J connectivity index is 1.56. The smallest absolute Gasteiger partial charge is 0.251 e. The predicted octanol–water partition coefficient (Wildman–Crippen LogP) is 5.43. The highest BCUT2D eigenvalue weighted by atomic mass is 35.5. The number of anilines is 1. The first-order chi connectivity index (χ1) is 19.2. The van der Waals surface area contributed by atoms with Crippen LogP contribution in [0.15, 0.2) is 59.5 Å². The highest BCUT2D eigenvalue weighted by Gasteiger charge is 2.30. The number of amides is 2. The van der Waals surface area contributed by atoms with Crippen LogP contribution in [0.4, 0.5) is 5.69 Å². The molecule has 2 aliphatic rings. The van der Waals surface area contributed by atoms with Crippen molar-refractivity contribution in [3.63, 3.8) is 0 Å². The highest BCUT2D eigenvalue weighted by Crippen LogP contribution is 2.37. The Morgan fingerprint density at radius 3 is 2.58 bits per heavy atom. The Morgan fingerprint density at radius 2 is 1.88 bits per heavy atom. The Labute approximate surface area is 238 Å². The number of hydrogen-bond donors (Lipinski definition) is 2. The molecule has 8 nitrogen and oxygen atoms in total. The van der Waals surface area contributed by atoms with Crippen LogP contribution >= 0.6 is 11.6 Å². The number of aromatic nitrogens is 1. The summed E-state index contributed by atoms with van der Waals surface area (Å²) in [5.41, 5.74) is 9.40. The van der Waals surface area contributed by atoms with Crippen LogP contribution in [0.2, 0.25) is 5.02 Å².